The number of esters is 1. The molecule has 0 fully saturated rings. The van der Waals surface area contributed by atoms with Gasteiger partial charge in [0.05, 0.1) is 13.0 Å². The molecule has 0 aliphatic rings. The van der Waals surface area contributed by atoms with Gasteiger partial charge in [-0.1, -0.05) is 17.2 Å². The molecule has 1 rings (SSSR count). The second-order valence-corrected chi connectivity index (χ2v) is 4.19. The third kappa shape index (κ3) is 4.57. The molecule has 98 valence electrons. The van der Waals surface area contributed by atoms with E-state index in [2.05, 4.69) is 5.32 Å². The monoisotopic (exact) mass is 249 g/mol. The second-order valence-electron chi connectivity index (χ2n) is 4.19. The van der Waals surface area contributed by atoms with E-state index in [1.165, 1.54) is 0 Å². The van der Waals surface area contributed by atoms with E-state index in [0.717, 1.165) is 11.1 Å². The zero-order chi connectivity index (χ0) is 13.5. The number of nitrogens with one attached hydrogen (secondary N) is 1. The van der Waals surface area contributed by atoms with Gasteiger partial charge in [0.25, 0.3) is 5.91 Å². The number of ether oxygens (including phenoxy) is 1. The van der Waals surface area contributed by atoms with E-state index in [1.54, 1.807) is 6.92 Å². The first-order valence-corrected chi connectivity index (χ1v) is 6.05. The molecule has 0 aliphatic carbocycles. The number of carbonyl (C=O) groups excluding carboxylic acids is 2. The summed E-state index contributed by atoms with van der Waals surface area (Å²) >= 11 is 0. The lowest BCUT2D eigenvalue weighted by Crippen LogP contribution is -2.26. The van der Waals surface area contributed by atoms with Crippen molar-refractivity contribution >= 4 is 11.9 Å². The summed E-state index contributed by atoms with van der Waals surface area (Å²) in [7, 11) is 0. The summed E-state index contributed by atoms with van der Waals surface area (Å²) < 4.78 is 4.78. The van der Waals surface area contributed by atoms with Crippen LogP contribution in [-0.4, -0.2) is 25.0 Å². The maximum Gasteiger partial charge on any atom is 0.307 e. The van der Waals surface area contributed by atoms with Crippen LogP contribution in [-0.2, 0) is 9.53 Å². The molecule has 1 N–H and O–H groups in total. The summed E-state index contributed by atoms with van der Waals surface area (Å²) in [6, 6.07) is 5.66. The highest BCUT2D eigenvalue weighted by molar-refractivity contribution is 5.94. The van der Waals surface area contributed by atoms with E-state index in [-0.39, 0.29) is 18.3 Å². The molecule has 1 aromatic rings. The first kappa shape index (κ1) is 14.2. The van der Waals surface area contributed by atoms with Gasteiger partial charge in [0, 0.05) is 12.1 Å². The molecule has 1 amide bonds. The van der Waals surface area contributed by atoms with Crippen LogP contribution in [0.5, 0.6) is 0 Å². The van der Waals surface area contributed by atoms with Crippen LogP contribution < -0.4 is 5.32 Å². The topological polar surface area (TPSA) is 55.4 Å². The molecule has 4 nitrogen and oxygen atoms in total. The standard InChI is InChI=1S/C14H19NO3/c1-4-18-13(16)5-6-15-14(17)12-8-10(2)7-11(3)9-12/h7-9H,4-6H2,1-3H3,(H,15,17). The van der Waals surface area contributed by atoms with Gasteiger partial charge in [-0.05, 0) is 32.9 Å². The second kappa shape index (κ2) is 6.79. The van der Waals surface area contributed by atoms with Crippen molar-refractivity contribution in [3.05, 3.63) is 34.9 Å². The quantitative estimate of drug-likeness (QED) is 0.812. The minimum Gasteiger partial charge on any atom is -0.466 e. The predicted molar refractivity (Wildman–Crippen MR) is 69.5 cm³/mol. The molecule has 0 saturated heterocycles. The Morgan fingerprint density at radius 3 is 2.33 bits per heavy atom. The van der Waals surface area contributed by atoms with Gasteiger partial charge in [0.15, 0.2) is 0 Å². The number of aryl methyl sites for hydroxylation is 2. The molecule has 0 atom stereocenters. The van der Waals surface area contributed by atoms with Crippen LogP contribution in [0.1, 0.15) is 34.8 Å². The first-order valence-electron chi connectivity index (χ1n) is 6.05. The van der Waals surface area contributed by atoms with E-state index < -0.39 is 0 Å². The van der Waals surface area contributed by atoms with E-state index in [0.29, 0.717) is 18.7 Å². The van der Waals surface area contributed by atoms with E-state index >= 15 is 0 Å². The largest absolute Gasteiger partial charge is 0.466 e. The summed E-state index contributed by atoms with van der Waals surface area (Å²) in [5.41, 5.74) is 2.72. The van der Waals surface area contributed by atoms with E-state index in [9.17, 15) is 9.59 Å². The Morgan fingerprint density at radius 1 is 1.17 bits per heavy atom. The molecular formula is C14H19NO3. The van der Waals surface area contributed by atoms with Gasteiger partial charge in [-0.15, -0.1) is 0 Å². The SMILES string of the molecule is CCOC(=O)CCNC(=O)c1cc(C)cc(C)c1. The zero-order valence-electron chi connectivity index (χ0n) is 11.1. The number of rotatable bonds is 5. The fourth-order valence-electron chi connectivity index (χ4n) is 1.72. The fourth-order valence-corrected chi connectivity index (χ4v) is 1.72. The fraction of sp³-hybridized carbons (Fsp3) is 0.429. The molecule has 0 unspecified atom stereocenters. The maximum atomic E-state index is 11.8. The van der Waals surface area contributed by atoms with Gasteiger partial charge >= 0.3 is 5.97 Å². The lowest BCUT2D eigenvalue weighted by atomic mass is 10.1. The third-order valence-corrected chi connectivity index (χ3v) is 2.40. The Labute approximate surface area is 107 Å². The van der Waals surface area contributed by atoms with Crippen molar-refractivity contribution in [2.45, 2.75) is 27.2 Å². The van der Waals surface area contributed by atoms with E-state index in [4.69, 9.17) is 4.74 Å². The van der Waals surface area contributed by atoms with E-state index in [1.807, 2.05) is 32.0 Å². The van der Waals surface area contributed by atoms with Crippen LogP contribution in [0.15, 0.2) is 18.2 Å². The number of amides is 1. The van der Waals surface area contributed by atoms with Crippen LogP contribution in [0.4, 0.5) is 0 Å². The summed E-state index contributed by atoms with van der Waals surface area (Å²) in [5, 5.41) is 2.70. The summed E-state index contributed by atoms with van der Waals surface area (Å²) in [5.74, 6) is -0.454. The normalized spacial score (nSPS) is 9.94. The third-order valence-electron chi connectivity index (χ3n) is 2.40. The van der Waals surface area contributed by atoms with Crippen LogP contribution in [0.2, 0.25) is 0 Å². The first-order chi connectivity index (χ1) is 8.52. The average Bonchev–Trinajstić information content (AvgIpc) is 2.27. The Bertz CT molecular complexity index is 420. The Morgan fingerprint density at radius 2 is 1.78 bits per heavy atom. The minimum atomic E-state index is -0.293. The molecule has 4 heteroatoms. The molecule has 0 saturated carbocycles. The van der Waals surface area contributed by atoms with Gasteiger partial charge in [-0.25, -0.2) is 0 Å². The van der Waals surface area contributed by atoms with Crippen molar-refractivity contribution in [2.24, 2.45) is 0 Å². The summed E-state index contributed by atoms with van der Waals surface area (Å²) in [6.45, 7) is 6.31. The van der Waals surface area contributed by atoms with Gasteiger partial charge in [0.1, 0.15) is 0 Å². The highest BCUT2D eigenvalue weighted by atomic mass is 16.5. The van der Waals surface area contributed by atoms with Crippen LogP contribution in [0.25, 0.3) is 0 Å². The molecule has 0 aromatic heterocycles. The van der Waals surface area contributed by atoms with Gasteiger partial charge in [0.2, 0.25) is 0 Å². The number of carbonyl (C=O) groups is 2. The molecule has 0 heterocycles. The molecular weight excluding hydrogens is 230 g/mol. The van der Waals surface area contributed by atoms with Crippen molar-refractivity contribution in [1.29, 1.82) is 0 Å². The van der Waals surface area contributed by atoms with Crippen molar-refractivity contribution in [3.63, 3.8) is 0 Å². The molecule has 18 heavy (non-hydrogen) atoms. The van der Waals surface area contributed by atoms with Crippen molar-refractivity contribution in [3.8, 4) is 0 Å². The van der Waals surface area contributed by atoms with Gasteiger partial charge < -0.3 is 10.1 Å². The number of hydrogen-bond donors (Lipinski definition) is 1. The lowest BCUT2D eigenvalue weighted by molar-refractivity contribution is -0.142. The number of hydrogen-bond acceptors (Lipinski definition) is 3. The van der Waals surface area contributed by atoms with Crippen LogP contribution in [0.3, 0.4) is 0 Å². The molecule has 0 spiro atoms. The predicted octanol–water partition coefficient (Wildman–Crippen LogP) is 1.99. The van der Waals surface area contributed by atoms with Crippen LogP contribution >= 0.6 is 0 Å². The summed E-state index contributed by atoms with van der Waals surface area (Å²) in [4.78, 5) is 22.9. The Kier molecular flexibility index (Phi) is 5.36. The Balaban J connectivity index is 2.48. The molecule has 0 radical (unpaired) electrons. The lowest BCUT2D eigenvalue weighted by Gasteiger charge is -2.07. The van der Waals surface area contributed by atoms with Gasteiger partial charge in [-0.2, -0.15) is 0 Å². The van der Waals surface area contributed by atoms with Crippen molar-refractivity contribution < 1.29 is 14.3 Å². The van der Waals surface area contributed by atoms with Gasteiger partial charge in [-0.3, -0.25) is 9.59 Å². The maximum absolute atomic E-state index is 11.8. The van der Waals surface area contributed by atoms with Crippen molar-refractivity contribution in [1.82, 2.24) is 5.32 Å². The number of benzene rings is 1. The molecule has 0 aliphatic heterocycles. The van der Waals surface area contributed by atoms with Crippen molar-refractivity contribution in [2.75, 3.05) is 13.2 Å². The summed E-state index contributed by atoms with van der Waals surface area (Å²) in [6.07, 6.45) is 0.199. The average molecular weight is 249 g/mol. The Hall–Kier alpha value is -1.84. The molecule has 1 aromatic carbocycles. The molecule has 0 bridgehead atoms. The smallest absolute Gasteiger partial charge is 0.307 e. The minimum absolute atomic E-state index is 0.161. The zero-order valence-corrected chi connectivity index (χ0v) is 11.1. The highest BCUT2D eigenvalue weighted by Gasteiger charge is 2.07. The highest BCUT2D eigenvalue weighted by Crippen LogP contribution is 2.08. The van der Waals surface area contributed by atoms with Crippen LogP contribution in [0, 0.1) is 13.8 Å².